The van der Waals surface area contributed by atoms with Crippen LogP contribution in [0.2, 0.25) is 0 Å². The van der Waals surface area contributed by atoms with Gasteiger partial charge in [-0.25, -0.2) is 0 Å². The highest BCUT2D eigenvalue weighted by Gasteiger charge is 2.15. The largest absolute Gasteiger partial charge is 0.508 e. The molecular weight excluding hydrogens is 300 g/mol. The number of amides is 2. The maximum absolute atomic E-state index is 12.1. The molecule has 7 nitrogen and oxygen atoms in total. The summed E-state index contributed by atoms with van der Waals surface area (Å²) in [5.74, 6) is 0.0119. The van der Waals surface area contributed by atoms with Gasteiger partial charge < -0.3 is 14.6 Å². The van der Waals surface area contributed by atoms with Crippen molar-refractivity contribution in [1.82, 2.24) is 10.9 Å². The minimum atomic E-state index is -0.535. The lowest BCUT2D eigenvalue weighted by atomic mass is 10.2. The minimum absolute atomic E-state index is 0.0317. The van der Waals surface area contributed by atoms with Crippen molar-refractivity contribution in [3.8, 4) is 17.2 Å². The number of fused-ring (bicyclic) bond motifs is 1. The van der Waals surface area contributed by atoms with Crippen molar-refractivity contribution >= 4 is 11.8 Å². The van der Waals surface area contributed by atoms with Crippen molar-refractivity contribution < 1.29 is 24.2 Å². The van der Waals surface area contributed by atoms with Crippen LogP contribution >= 0.6 is 0 Å². The van der Waals surface area contributed by atoms with E-state index in [1.54, 1.807) is 18.2 Å². The molecule has 1 heterocycles. The normalized spacial score (nSPS) is 12.3. The highest BCUT2D eigenvalue weighted by molar-refractivity contribution is 5.99. The average molecular weight is 314 g/mol. The van der Waals surface area contributed by atoms with Crippen LogP contribution in [0.25, 0.3) is 0 Å². The van der Waals surface area contributed by atoms with Gasteiger partial charge in [-0.1, -0.05) is 6.07 Å². The standard InChI is InChI=1S/C16H14N2O5/c19-12-3-1-2-10(8-12)15(20)17-18-16(21)11-4-5-13-14(9-11)23-7-6-22-13/h1-5,8-9,19H,6-7H2,(H,17,20)(H,18,21). The molecule has 0 saturated heterocycles. The number of hydrogen-bond acceptors (Lipinski definition) is 5. The summed E-state index contributed by atoms with van der Waals surface area (Å²) in [4.78, 5) is 23.9. The SMILES string of the molecule is O=C(NNC(=O)c1ccc2c(c1)OCCO2)c1cccc(O)c1. The van der Waals surface area contributed by atoms with E-state index in [1.807, 2.05) is 0 Å². The third-order valence-electron chi connectivity index (χ3n) is 3.20. The van der Waals surface area contributed by atoms with Gasteiger partial charge >= 0.3 is 0 Å². The zero-order valence-corrected chi connectivity index (χ0v) is 12.0. The van der Waals surface area contributed by atoms with Crippen molar-refractivity contribution in [3.05, 3.63) is 53.6 Å². The second kappa shape index (κ2) is 6.27. The van der Waals surface area contributed by atoms with Crippen LogP contribution in [0.3, 0.4) is 0 Å². The molecule has 0 atom stereocenters. The third kappa shape index (κ3) is 3.34. The quantitative estimate of drug-likeness (QED) is 0.725. The Hall–Kier alpha value is -3.22. The van der Waals surface area contributed by atoms with Crippen molar-refractivity contribution in [2.75, 3.05) is 13.2 Å². The van der Waals surface area contributed by atoms with Crippen LogP contribution in [0.5, 0.6) is 17.2 Å². The molecule has 0 fully saturated rings. The van der Waals surface area contributed by atoms with E-state index < -0.39 is 11.8 Å². The Morgan fingerprint density at radius 3 is 2.22 bits per heavy atom. The van der Waals surface area contributed by atoms with Crippen molar-refractivity contribution in [2.24, 2.45) is 0 Å². The van der Waals surface area contributed by atoms with Crippen LogP contribution in [-0.4, -0.2) is 30.1 Å². The molecule has 0 aromatic heterocycles. The molecule has 2 amide bonds. The van der Waals surface area contributed by atoms with E-state index in [-0.39, 0.29) is 11.3 Å². The summed E-state index contributed by atoms with van der Waals surface area (Å²) >= 11 is 0. The fraction of sp³-hybridized carbons (Fsp3) is 0.125. The summed E-state index contributed by atoms with van der Waals surface area (Å²) in [5, 5.41) is 9.34. The minimum Gasteiger partial charge on any atom is -0.508 e. The highest BCUT2D eigenvalue weighted by Crippen LogP contribution is 2.30. The van der Waals surface area contributed by atoms with E-state index in [1.165, 1.54) is 24.3 Å². The Balaban J connectivity index is 1.64. The van der Waals surface area contributed by atoms with Crippen LogP contribution in [0.1, 0.15) is 20.7 Å². The monoisotopic (exact) mass is 314 g/mol. The first-order valence-corrected chi connectivity index (χ1v) is 6.93. The van der Waals surface area contributed by atoms with Crippen LogP contribution in [0.15, 0.2) is 42.5 Å². The molecular formula is C16H14N2O5. The molecule has 1 aliphatic rings. The number of aromatic hydroxyl groups is 1. The average Bonchev–Trinajstić information content (AvgIpc) is 2.59. The first-order valence-electron chi connectivity index (χ1n) is 6.93. The van der Waals surface area contributed by atoms with Gasteiger partial charge in [0.1, 0.15) is 19.0 Å². The predicted molar refractivity (Wildman–Crippen MR) is 80.5 cm³/mol. The number of phenolic OH excluding ortho intramolecular Hbond substituents is 1. The number of benzene rings is 2. The topological polar surface area (TPSA) is 96.9 Å². The molecule has 0 bridgehead atoms. The van der Waals surface area contributed by atoms with E-state index in [4.69, 9.17) is 9.47 Å². The van der Waals surface area contributed by atoms with Crippen LogP contribution in [0.4, 0.5) is 0 Å². The van der Waals surface area contributed by atoms with Crippen LogP contribution < -0.4 is 20.3 Å². The van der Waals surface area contributed by atoms with Gasteiger partial charge in [0.05, 0.1) is 0 Å². The molecule has 0 aliphatic carbocycles. The number of phenols is 1. The highest BCUT2D eigenvalue weighted by atomic mass is 16.6. The molecule has 0 saturated carbocycles. The van der Waals surface area contributed by atoms with E-state index in [0.717, 1.165) is 0 Å². The fourth-order valence-electron chi connectivity index (χ4n) is 2.09. The number of carbonyl (C=O) groups excluding carboxylic acids is 2. The van der Waals surface area contributed by atoms with Crippen molar-refractivity contribution in [2.45, 2.75) is 0 Å². The van der Waals surface area contributed by atoms with Crippen LogP contribution in [-0.2, 0) is 0 Å². The first-order chi connectivity index (χ1) is 11.1. The van der Waals surface area contributed by atoms with Crippen molar-refractivity contribution in [3.63, 3.8) is 0 Å². The summed E-state index contributed by atoms with van der Waals surface area (Å²) < 4.78 is 10.8. The molecule has 3 N–H and O–H groups in total. The van der Waals surface area contributed by atoms with Gasteiger partial charge in [-0.05, 0) is 36.4 Å². The second-order valence-corrected chi connectivity index (χ2v) is 4.82. The first kappa shape index (κ1) is 14.7. The Labute approximate surface area is 131 Å². The number of nitrogens with one attached hydrogen (secondary N) is 2. The molecule has 7 heteroatoms. The van der Waals surface area contributed by atoms with Gasteiger partial charge in [-0.15, -0.1) is 0 Å². The van der Waals surface area contributed by atoms with E-state index in [9.17, 15) is 14.7 Å². The lowest BCUT2D eigenvalue weighted by molar-refractivity contribution is 0.0846. The van der Waals surface area contributed by atoms with Crippen LogP contribution in [0, 0.1) is 0 Å². The zero-order chi connectivity index (χ0) is 16.2. The number of rotatable bonds is 2. The maximum atomic E-state index is 12.1. The summed E-state index contributed by atoms with van der Waals surface area (Å²) in [6.07, 6.45) is 0. The lowest BCUT2D eigenvalue weighted by Crippen LogP contribution is -2.41. The third-order valence-corrected chi connectivity index (χ3v) is 3.20. The summed E-state index contributed by atoms with van der Waals surface area (Å²) in [6, 6.07) is 10.6. The Morgan fingerprint density at radius 1 is 0.870 bits per heavy atom. The number of hydrogen-bond donors (Lipinski definition) is 3. The molecule has 1 aliphatic heterocycles. The number of carbonyl (C=O) groups is 2. The summed E-state index contributed by atoms with van der Waals surface area (Å²) in [5.41, 5.74) is 5.14. The fourth-order valence-corrected chi connectivity index (χ4v) is 2.09. The second-order valence-electron chi connectivity index (χ2n) is 4.82. The Bertz CT molecular complexity index is 760. The Kier molecular flexibility index (Phi) is 4.01. The molecule has 2 aromatic carbocycles. The van der Waals surface area contributed by atoms with E-state index in [2.05, 4.69) is 10.9 Å². The van der Waals surface area contributed by atoms with Gasteiger partial charge in [0.15, 0.2) is 11.5 Å². The van der Waals surface area contributed by atoms with E-state index >= 15 is 0 Å². The number of hydrazine groups is 1. The lowest BCUT2D eigenvalue weighted by Gasteiger charge is -2.18. The molecule has 2 aromatic rings. The molecule has 3 rings (SSSR count). The molecule has 0 radical (unpaired) electrons. The molecule has 0 spiro atoms. The zero-order valence-electron chi connectivity index (χ0n) is 12.0. The molecule has 118 valence electrons. The number of ether oxygens (including phenoxy) is 2. The molecule has 23 heavy (non-hydrogen) atoms. The summed E-state index contributed by atoms with van der Waals surface area (Å²) in [7, 11) is 0. The van der Waals surface area contributed by atoms with Gasteiger partial charge in [0.2, 0.25) is 0 Å². The predicted octanol–water partition coefficient (Wildman–Crippen LogP) is 1.24. The van der Waals surface area contributed by atoms with Gasteiger partial charge in [-0.2, -0.15) is 0 Å². The van der Waals surface area contributed by atoms with Crippen molar-refractivity contribution in [1.29, 1.82) is 0 Å². The van der Waals surface area contributed by atoms with Gasteiger partial charge in [-0.3, -0.25) is 20.4 Å². The van der Waals surface area contributed by atoms with E-state index in [0.29, 0.717) is 30.3 Å². The van der Waals surface area contributed by atoms with Gasteiger partial charge in [0.25, 0.3) is 11.8 Å². The molecule has 0 unspecified atom stereocenters. The smallest absolute Gasteiger partial charge is 0.269 e. The Morgan fingerprint density at radius 2 is 1.52 bits per heavy atom. The van der Waals surface area contributed by atoms with Gasteiger partial charge in [0, 0.05) is 11.1 Å². The summed E-state index contributed by atoms with van der Waals surface area (Å²) in [6.45, 7) is 0.894. The maximum Gasteiger partial charge on any atom is 0.269 e.